The van der Waals surface area contributed by atoms with Crippen molar-refractivity contribution < 1.29 is 14.6 Å². The molecule has 0 spiro atoms. The standard InChI is InChI=1S/C10H13NO3/c1-2-11-5-7-3-9-10(4-8(7)12)14-6-13-9/h3-4,11-12H,2,5-6H2,1H3. The molecule has 0 unspecified atom stereocenters. The highest BCUT2D eigenvalue weighted by Crippen LogP contribution is 2.37. The van der Waals surface area contributed by atoms with E-state index < -0.39 is 0 Å². The summed E-state index contributed by atoms with van der Waals surface area (Å²) in [6.07, 6.45) is 0. The lowest BCUT2D eigenvalue weighted by atomic mass is 10.1. The first-order chi connectivity index (χ1) is 6.81. The van der Waals surface area contributed by atoms with Gasteiger partial charge in [0.25, 0.3) is 0 Å². The predicted molar refractivity (Wildman–Crippen MR) is 51.6 cm³/mol. The number of fused-ring (bicyclic) bond motifs is 1. The zero-order chi connectivity index (χ0) is 9.97. The maximum absolute atomic E-state index is 9.63. The number of rotatable bonds is 3. The molecule has 4 nitrogen and oxygen atoms in total. The van der Waals surface area contributed by atoms with Crippen molar-refractivity contribution in [2.75, 3.05) is 13.3 Å². The second-order valence-corrected chi connectivity index (χ2v) is 3.11. The van der Waals surface area contributed by atoms with Gasteiger partial charge in [-0.05, 0) is 12.6 Å². The molecule has 1 aromatic carbocycles. The molecule has 0 atom stereocenters. The molecule has 2 N–H and O–H groups in total. The molecule has 4 heteroatoms. The third kappa shape index (κ3) is 1.61. The van der Waals surface area contributed by atoms with Gasteiger partial charge >= 0.3 is 0 Å². The van der Waals surface area contributed by atoms with Crippen LogP contribution in [0.25, 0.3) is 0 Å². The van der Waals surface area contributed by atoms with Crippen molar-refractivity contribution in [3.63, 3.8) is 0 Å². The molecule has 0 amide bonds. The van der Waals surface area contributed by atoms with Crippen LogP contribution in [0.1, 0.15) is 12.5 Å². The molecule has 0 saturated heterocycles. The molecule has 0 aromatic heterocycles. The Balaban J connectivity index is 2.23. The fourth-order valence-electron chi connectivity index (χ4n) is 1.37. The number of phenols is 1. The largest absolute Gasteiger partial charge is 0.507 e. The molecule has 76 valence electrons. The van der Waals surface area contributed by atoms with Gasteiger partial charge in [0, 0.05) is 18.2 Å². The summed E-state index contributed by atoms with van der Waals surface area (Å²) in [5, 5.41) is 12.8. The Bertz CT molecular complexity index is 338. The van der Waals surface area contributed by atoms with E-state index in [9.17, 15) is 5.11 Å². The van der Waals surface area contributed by atoms with Crippen molar-refractivity contribution in [2.45, 2.75) is 13.5 Å². The predicted octanol–water partition coefficient (Wildman–Crippen LogP) is 1.23. The molecular weight excluding hydrogens is 182 g/mol. The van der Waals surface area contributed by atoms with Crippen molar-refractivity contribution in [3.05, 3.63) is 17.7 Å². The van der Waals surface area contributed by atoms with E-state index in [0.29, 0.717) is 18.0 Å². The number of nitrogens with one attached hydrogen (secondary N) is 1. The highest BCUT2D eigenvalue weighted by molar-refractivity contribution is 5.51. The Kier molecular flexibility index (Phi) is 2.45. The summed E-state index contributed by atoms with van der Waals surface area (Å²) in [6, 6.07) is 3.40. The van der Waals surface area contributed by atoms with Crippen LogP contribution in [0.5, 0.6) is 17.2 Å². The monoisotopic (exact) mass is 195 g/mol. The first-order valence-corrected chi connectivity index (χ1v) is 4.63. The number of hydrogen-bond donors (Lipinski definition) is 2. The van der Waals surface area contributed by atoms with Crippen molar-refractivity contribution in [1.82, 2.24) is 5.32 Å². The average Bonchev–Trinajstić information content (AvgIpc) is 2.61. The van der Waals surface area contributed by atoms with Crippen LogP contribution in [0, 0.1) is 0 Å². The quantitative estimate of drug-likeness (QED) is 0.761. The van der Waals surface area contributed by atoms with Gasteiger partial charge in [0.05, 0.1) is 0 Å². The highest BCUT2D eigenvalue weighted by atomic mass is 16.7. The van der Waals surface area contributed by atoms with Crippen molar-refractivity contribution in [2.24, 2.45) is 0 Å². The molecule has 0 bridgehead atoms. The summed E-state index contributed by atoms with van der Waals surface area (Å²) in [5.41, 5.74) is 0.830. The lowest BCUT2D eigenvalue weighted by molar-refractivity contribution is 0.174. The lowest BCUT2D eigenvalue weighted by Crippen LogP contribution is -2.11. The molecule has 14 heavy (non-hydrogen) atoms. The Labute approximate surface area is 82.5 Å². The van der Waals surface area contributed by atoms with Gasteiger partial charge in [-0.3, -0.25) is 0 Å². The van der Waals surface area contributed by atoms with Crippen LogP contribution in [-0.2, 0) is 6.54 Å². The molecule has 2 rings (SSSR count). The maximum atomic E-state index is 9.63. The van der Waals surface area contributed by atoms with Gasteiger partial charge in [0.15, 0.2) is 11.5 Å². The van der Waals surface area contributed by atoms with E-state index in [1.54, 1.807) is 12.1 Å². The summed E-state index contributed by atoms with van der Waals surface area (Å²) < 4.78 is 10.3. The molecule has 0 aliphatic carbocycles. The second-order valence-electron chi connectivity index (χ2n) is 3.11. The van der Waals surface area contributed by atoms with Crippen LogP contribution in [0.4, 0.5) is 0 Å². The molecule has 0 saturated carbocycles. The van der Waals surface area contributed by atoms with Gasteiger partial charge in [-0.1, -0.05) is 6.92 Å². The minimum atomic E-state index is 0.236. The molecule has 1 heterocycles. The Morgan fingerprint density at radius 1 is 1.36 bits per heavy atom. The van der Waals surface area contributed by atoms with Gasteiger partial charge in [-0.15, -0.1) is 0 Å². The van der Waals surface area contributed by atoms with Crippen molar-refractivity contribution in [1.29, 1.82) is 0 Å². The number of ether oxygens (including phenoxy) is 2. The summed E-state index contributed by atoms with van der Waals surface area (Å²) in [4.78, 5) is 0. The fraction of sp³-hybridized carbons (Fsp3) is 0.400. The van der Waals surface area contributed by atoms with Gasteiger partial charge in [-0.25, -0.2) is 0 Å². The smallest absolute Gasteiger partial charge is 0.231 e. The van der Waals surface area contributed by atoms with Gasteiger partial charge < -0.3 is 19.9 Å². The molecular formula is C10H13NO3. The summed E-state index contributed by atoms with van der Waals surface area (Å²) >= 11 is 0. The van der Waals surface area contributed by atoms with E-state index in [1.165, 1.54) is 0 Å². The number of hydrogen-bond acceptors (Lipinski definition) is 4. The third-order valence-electron chi connectivity index (χ3n) is 2.14. The molecule has 1 aliphatic rings. The Morgan fingerprint density at radius 3 is 2.79 bits per heavy atom. The minimum absolute atomic E-state index is 0.236. The first kappa shape index (κ1) is 9.15. The van der Waals surface area contributed by atoms with Gasteiger partial charge in [0.1, 0.15) is 5.75 Å². The van der Waals surface area contributed by atoms with E-state index in [-0.39, 0.29) is 12.5 Å². The SMILES string of the molecule is CCNCc1cc2c(cc1O)OCO2. The van der Waals surface area contributed by atoms with Crippen LogP contribution in [-0.4, -0.2) is 18.4 Å². The van der Waals surface area contributed by atoms with Gasteiger partial charge in [-0.2, -0.15) is 0 Å². The Hall–Kier alpha value is -1.42. The second kappa shape index (κ2) is 3.75. The van der Waals surface area contributed by atoms with E-state index in [1.807, 2.05) is 6.92 Å². The first-order valence-electron chi connectivity index (χ1n) is 4.63. The highest BCUT2D eigenvalue weighted by Gasteiger charge is 2.16. The van der Waals surface area contributed by atoms with Crippen LogP contribution in [0.15, 0.2) is 12.1 Å². The summed E-state index contributed by atoms with van der Waals surface area (Å²) in [5.74, 6) is 1.56. The maximum Gasteiger partial charge on any atom is 0.231 e. The lowest BCUT2D eigenvalue weighted by Gasteiger charge is -2.06. The van der Waals surface area contributed by atoms with E-state index in [4.69, 9.17) is 9.47 Å². The minimum Gasteiger partial charge on any atom is -0.507 e. The topological polar surface area (TPSA) is 50.7 Å². The normalized spacial score (nSPS) is 13.2. The third-order valence-corrected chi connectivity index (χ3v) is 2.14. The molecule has 1 aromatic rings. The summed E-state index contributed by atoms with van der Waals surface area (Å²) in [7, 11) is 0. The van der Waals surface area contributed by atoms with Crippen molar-refractivity contribution >= 4 is 0 Å². The van der Waals surface area contributed by atoms with E-state index in [2.05, 4.69) is 5.32 Å². The zero-order valence-electron chi connectivity index (χ0n) is 8.04. The molecule has 1 aliphatic heterocycles. The van der Waals surface area contributed by atoms with Crippen molar-refractivity contribution in [3.8, 4) is 17.2 Å². The summed E-state index contributed by atoms with van der Waals surface area (Å²) in [6.45, 7) is 3.76. The van der Waals surface area contributed by atoms with Crippen LogP contribution >= 0.6 is 0 Å². The van der Waals surface area contributed by atoms with Crippen LogP contribution in [0.3, 0.4) is 0 Å². The zero-order valence-corrected chi connectivity index (χ0v) is 8.04. The van der Waals surface area contributed by atoms with E-state index >= 15 is 0 Å². The number of phenolic OH excluding ortho intramolecular Hbond substituents is 1. The van der Waals surface area contributed by atoms with Crippen LogP contribution < -0.4 is 14.8 Å². The Morgan fingerprint density at radius 2 is 2.07 bits per heavy atom. The van der Waals surface area contributed by atoms with E-state index in [0.717, 1.165) is 12.1 Å². The number of aromatic hydroxyl groups is 1. The average molecular weight is 195 g/mol. The van der Waals surface area contributed by atoms with Gasteiger partial charge in [0.2, 0.25) is 6.79 Å². The molecule has 0 radical (unpaired) electrons. The fourth-order valence-corrected chi connectivity index (χ4v) is 1.37. The number of benzene rings is 1. The molecule has 0 fully saturated rings. The van der Waals surface area contributed by atoms with Crippen LogP contribution in [0.2, 0.25) is 0 Å².